The van der Waals surface area contributed by atoms with E-state index in [0.717, 1.165) is 21.9 Å². The maximum atomic E-state index is 12.7. The highest BCUT2D eigenvalue weighted by Crippen LogP contribution is 2.26. The smallest absolute Gasteiger partial charge is 0.298 e. The molecule has 4 rings (SSSR count). The summed E-state index contributed by atoms with van der Waals surface area (Å²) in [7, 11) is 0. The van der Waals surface area contributed by atoms with Crippen LogP contribution in [0.2, 0.25) is 0 Å². The average Bonchev–Trinajstić information content (AvgIpc) is 3.08. The van der Waals surface area contributed by atoms with Gasteiger partial charge in [0.15, 0.2) is 5.76 Å². The molecule has 22 heavy (non-hydrogen) atoms. The fourth-order valence-corrected chi connectivity index (χ4v) is 2.74. The lowest BCUT2D eigenvalue weighted by Gasteiger charge is -2.00. The summed E-state index contributed by atoms with van der Waals surface area (Å²) in [5, 5.41) is 1.78. The van der Waals surface area contributed by atoms with Crippen molar-refractivity contribution in [3.05, 3.63) is 66.1 Å². The molecule has 2 heterocycles. The first-order chi connectivity index (χ1) is 10.6. The van der Waals surface area contributed by atoms with Crippen LogP contribution in [0.4, 0.5) is 5.69 Å². The third-order valence-corrected chi connectivity index (χ3v) is 3.85. The molecule has 0 spiro atoms. The van der Waals surface area contributed by atoms with Crippen LogP contribution in [0.3, 0.4) is 0 Å². The van der Waals surface area contributed by atoms with Gasteiger partial charge >= 0.3 is 0 Å². The fourth-order valence-electron chi connectivity index (χ4n) is 2.74. The highest BCUT2D eigenvalue weighted by molar-refractivity contribution is 6.05. The van der Waals surface area contributed by atoms with Gasteiger partial charge in [-0.2, -0.15) is 0 Å². The first-order valence-corrected chi connectivity index (χ1v) is 7.04. The molecule has 0 bridgehead atoms. The highest BCUT2D eigenvalue weighted by Gasteiger charge is 2.17. The Balaban J connectivity index is 1.88. The van der Waals surface area contributed by atoms with Gasteiger partial charge < -0.3 is 10.2 Å². The third kappa shape index (κ3) is 1.81. The molecule has 2 aromatic heterocycles. The van der Waals surface area contributed by atoms with E-state index < -0.39 is 0 Å². The molecule has 2 N–H and O–H groups in total. The Kier molecular flexibility index (Phi) is 2.60. The standard InChI is InChI=1S/C18H14N2O2/c1-11-6-7-12-9-17(22-16(12)8-11)18(21)20-10-14(19)13-4-2-3-5-15(13)20/h2-10H,19H2,1H3. The second-order valence-corrected chi connectivity index (χ2v) is 5.43. The number of nitrogens with two attached hydrogens (primary N) is 1. The second kappa shape index (κ2) is 4.49. The zero-order valence-electron chi connectivity index (χ0n) is 12.0. The van der Waals surface area contributed by atoms with E-state index in [1.54, 1.807) is 12.3 Å². The quantitative estimate of drug-likeness (QED) is 0.577. The van der Waals surface area contributed by atoms with Gasteiger partial charge in [-0.15, -0.1) is 0 Å². The van der Waals surface area contributed by atoms with Crippen LogP contribution in [0, 0.1) is 6.92 Å². The summed E-state index contributed by atoms with van der Waals surface area (Å²) in [5.74, 6) is 0.0862. The van der Waals surface area contributed by atoms with E-state index in [-0.39, 0.29) is 5.91 Å². The Hall–Kier alpha value is -3.01. The van der Waals surface area contributed by atoms with Gasteiger partial charge in [-0.25, -0.2) is 0 Å². The Bertz CT molecular complexity index is 1020. The third-order valence-electron chi connectivity index (χ3n) is 3.85. The SMILES string of the molecule is Cc1ccc2cc(C(=O)n3cc(N)c4ccccc43)oc2c1. The van der Waals surface area contributed by atoms with Gasteiger partial charge in [-0.3, -0.25) is 9.36 Å². The van der Waals surface area contributed by atoms with Gasteiger partial charge in [0.05, 0.1) is 11.2 Å². The molecule has 0 aliphatic rings. The van der Waals surface area contributed by atoms with Crippen LogP contribution in [0.25, 0.3) is 21.9 Å². The van der Waals surface area contributed by atoms with E-state index in [1.165, 1.54) is 4.57 Å². The van der Waals surface area contributed by atoms with E-state index in [0.29, 0.717) is 17.0 Å². The number of aromatic nitrogens is 1. The molecule has 0 saturated carbocycles. The summed E-state index contributed by atoms with van der Waals surface area (Å²) in [6.07, 6.45) is 1.64. The number of benzene rings is 2. The van der Waals surface area contributed by atoms with Crippen LogP contribution in [0.15, 0.2) is 59.1 Å². The molecule has 0 radical (unpaired) electrons. The molecule has 0 aliphatic heterocycles. The van der Waals surface area contributed by atoms with E-state index in [2.05, 4.69) is 0 Å². The molecular weight excluding hydrogens is 276 g/mol. The van der Waals surface area contributed by atoms with Gasteiger partial charge in [-0.05, 0) is 30.7 Å². The fraction of sp³-hybridized carbons (Fsp3) is 0.0556. The average molecular weight is 290 g/mol. The van der Waals surface area contributed by atoms with Crippen molar-refractivity contribution in [1.82, 2.24) is 4.57 Å². The molecule has 0 amide bonds. The summed E-state index contributed by atoms with van der Waals surface area (Å²) in [6, 6.07) is 15.2. The molecule has 4 heteroatoms. The Morgan fingerprint density at radius 3 is 2.82 bits per heavy atom. The first kappa shape index (κ1) is 12.7. The Morgan fingerprint density at radius 1 is 1.14 bits per heavy atom. The van der Waals surface area contributed by atoms with E-state index in [1.807, 2.05) is 49.4 Å². The van der Waals surface area contributed by atoms with Crippen LogP contribution in [0.5, 0.6) is 0 Å². The second-order valence-electron chi connectivity index (χ2n) is 5.43. The molecule has 4 aromatic rings. The lowest BCUT2D eigenvalue weighted by Crippen LogP contribution is -2.09. The number of hydrogen-bond acceptors (Lipinski definition) is 3. The predicted octanol–water partition coefficient (Wildman–Crippen LogP) is 3.97. The monoisotopic (exact) mass is 290 g/mol. The number of fused-ring (bicyclic) bond motifs is 2. The lowest BCUT2D eigenvalue weighted by molar-refractivity contribution is 0.0940. The number of carbonyl (C=O) groups excluding carboxylic acids is 1. The van der Waals surface area contributed by atoms with Gasteiger partial charge in [0.2, 0.25) is 0 Å². The zero-order valence-corrected chi connectivity index (χ0v) is 12.0. The molecule has 0 atom stereocenters. The number of para-hydroxylation sites is 1. The Morgan fingerprint density at radius 2 is 1.95 bits per heavy atom. The van der Waals surface area contributed by atoms with Crippen LogP contribution in [0.1, 0.15) is 16.1 Å². The predicted molar refractivity (Wildman–Crippen MR) is 87.0 cm³/mol. The van der Waals surface area contributed by atoms with Crippen molar-refractivity contribution in [2.24, 2.45) is 0 Å². The first-order valence-electron chi connectivity index (χ1n) is 7.04. The number of nitrogen functional groups attached to an aromatic ring is 1. The number of furan rings is 1. The minimum absolute atomic E-state index is 0.221. The van der Waals surface area contributed by atoms with Crippen molar-refractivity contribution in [3.63, 3.8) is 0 Å². The number of aryl methyl sites for hydroxylation is 1. The van der Waals surface area contributed by atoms with E-state index in [4.69, 9.17) is 10.2 Å². The molecular formula is C18H14N2O2. The van der Waals surface area contributed by atoms with Crippen molar-refractivity contribution in [1.29, 1.82) is 0 Å². The van der Waals surface area contributed by atoms with Gasteiger partial charge in [0.1, 0.15) is 5.58 Å². The van der Waals surface area contributed by atoms with Crippen molar-refractivity contribution >= 4 is 33.5 Å². The van der Waals surface area contributed by atoms with Crippen LogP contribution in [-0.2, 0) is 0 Å². The molecule has 108 valence electrons. The van der Waals surface area contributed by atoms with Gasteiger partial charge in [0.25, 0.3) is 5.91 Å². The van der Waals surface area contributed by atoms with Crippen molar-refractivity contribution < 1.29 is 9.21 Å². The summed E-state index contributed by atoms with van der Waals surface area (Å²) in [4.78, 5) is 12.7. The molecule has 0 fully saturated rings. The molecule has 0 unspecified atom stereocenters. The normalized spacial score (nSPS) is 11.3. The topological polar surface area (TPSA) is 61.2 Å². The zero-order chi connectivity index (χ0) is 15.3. The summed E-state index contributed by atoms with van der Waals surface area (Å²) >= 11 is 0. The number of anilines is 1. The number of carbonyl (C=O) groups is 1. The maximum Gasteiger partial charge on any atom is 0.298 e. The lowest BCUT2D eigenvalue weighted by atomic mass is 10.2. The molecule has 4 nitrogen and oxygen atoms in total. The van der Waals surface area contributed by atoms with Crippen LogP contribution < -0.4 is 5.73 Å². The number of hydrogen-bond donors (Lipinski definition) is 1. The molecule has 2 aromatic carbocycles. The summed E-state index contributed by atoms with van der Waals surface area (Å²) in [6.45, 7) is 1.99. The van der Waals surface area contributed by atoms with Crippen LogP contribution >= 0.6 is 0 Å². The summed E-state index contributed by atoms with van der Waals surface area (Å²) < 4.78 is 7.25. The van der Waals surface area contributed by atoms with Crippen molar-refractivity contribution in [2.45, 2.75) is 6.92 Å². The van der Waals surface area contributed by atoms with Crippen molar-refractivity contribution in [2.75, 3.05) is 5.73 Å². The maximum absolute atomic E-state index is 12.7. The molecule has 0 saturated heterocycles. The highest BCUT2D eigenvalue weighted by atomic mass is 16.3. The number of nitrogens with zero attached hydrogens (tertiary/aromatic N) is 1. The minimum atomic E-state index is -0.221. The number of rotatable bonds is 1. The van der Waals surface area contributed by atoms with E-state index >= 15 is 0 Å². The largest absolute Gasteiger partial charge is 0.451 e. The van der Waals surface area contributed by atoms with Crippen LogP contribution in [-0.4, -0.2) is 10.5 Å². The van der Waals surface area contributed by atoms with E-state index in [9.17, 15) is 4.79 Å². The van der Waals surface area contributed by atoms with Crippen molar-refractivity contribution in [3.8, 4) is 0 Å². The van der Waals surface area contributed by atoms with Gasteiger partial charge in [0, 0.05) is 17.0 Å². The Labute approximate surface area is 126 Å². The minimum Gasteiger partial charge on any atom is -0.451 e. The summed E-state index contributed by atoms with van der Waals surface area (Å²) in [5.41, 5.74) is 9.15. The molecule has 0 aliphatic carbocycles. The van der Waals surface area contributed by atoms with Gasteiger partial charge in [-0.1, -0.05) is 30.3 Å².